The summed E-state index contributed by atoms with van der Waals surface area (Å²) in [4.78, 5) is 25.5. The zero-order chi connectivity index (χ0) is 20.6. The molecule has 0 aromatic heterocycles. The van der Waals surface area contributed by atoms with E-state index >= 15 is 0 Å². The molecule has 1 aliphatic rings. The van der Waals surface area contributed by atoms with Crippen LogP contribution in [0.5, 0.6) is 5.75 Å². The van der Waals surface area contributed by atoms with Gasteiger partial charge in [0.05, 0.1) is 11.3 Å². The lowest BCUT2D eigenvalue weighted by Gasteiger charge is -2.23. The minimum absolute atomic E-state index is 0.180. The van der Waals surface area contributed by atoms with E-state index in [-0.39, 0.29) is 23.7 Å². The van der Waals surface area contributed by atoms with E-state index < -0.39 is 6.10 Å². The Bertz CT molecular complexity index is 832. The van der Waals surface area contributed by atoms with Gasteiger partial charge >= 0.3 is 0 Å². The van der Waals surface area contributed by atoms with Gasteiger partial charge in [-0.05, 0) is 55.7 Å². The first kappa shape index (κ1) is 20.8. The second-order valence-electron chi connectivity index (χ2n) is 7.31. The number of nitrogens with one attached hydrogen (secondary N) is 2. The van der Waals surface area contributed by atoms with Gasteiger partial charge in [-0.1, -0.05) is 38.3 Å². The summed E-state index contributed by atoms with van der Waals surface area (Å²) >= 11 is 0. The molecule has 0 heterocycles. The summed E-state index contributed by atoms with van der Waals surface area (Å²) in [7, 11) is 0. The van der Waals surface area contributed by atoms with Crippen molar-refractivity contribution < 1.29 is 18.7 Å². The molecule has 1 saturated carbocycles. The van der Waals surface area contributed by atoms with E-state index in [0.29, 0.717) is 23.4 Å². The highest BCUT2D eigenvalue weighted by atomic mass is 19.1. The standard InChI is InChI=1S/C23H27FN2O3/c1-2-21(29-18-14-12-16(24)13-15-18)23(28)26-20-11-7-6-10-19(20)22(27)25-17-8-4-3-5-9-17/h6-7,10-15,17,21H,2-5,8-9H2,1H3,(H,25,27)(H,26,28)/t21-/m0/s1. The molecule has 2 N–H and O–H groups in total. The summed E-state index contributed by atoms with van der Waals surface area (Å²) in [6.07, 6.45) is 5.12. The van der Waals surface area contributed by atoms with Crippen molar-refractivity contribution in [1.29, 1.82) is 0 Å². The maximum atomic E-state index is 13.1. The van der Waals surface area contributed by atoms with Crippen molar-refractivity contribution in [2.75, 3.05) is 5.32 Å². The maximum absolute atomic E-state index is 13.1. The third kappa shape index (κ3) is 5.79. The molecule has 1 fully saturated rings. The molecule has 1 atom stereocenters. The highest BCUT2D eigenvalue weighted by Gasteiger charge is 2.22. The predicted molar refractivity (Wildman–Crippen MR) is 111 cm³/mol. The van der Waals surface area contributed by atoms with E-state index in [0.717, 1.165) is 25.7 Å². The van der Waals surface area contributed by atoms with E-state index in [1.165, 1.54) is 30.7 Å². The van der Waals surface area contributed by atoms with Crippen LogP contribution in [0.2, 0.25) is 0 Å². The van der Waals surface area contributed by atoms with E-state index in [4.69, 9.17) is 4.74 Å². The molecule has 0 saturated heterocycles. The number of hydrogen-bond donors (Lipinski definition) is 2. The molecular formula is C23H27FN2O3. The lowest BCUT2D eigenvalue weighted by molar-refractivity contribution is -0.122. The Morgan fingerprint density at radius 3 is 2.45 bits per heavy atom. The summed E-state index contributed by atoms with van der Waals surface area (Å²) in [5.74, 6) is -0.487. The van der Waals surface area contributed by atoms with Crippen LogP contribution in [0, 0.1) is 5.82 Å². The van der Waals surface area contributed by atoms with Gasteiger partial charge in [-0.2, -0.15) is 0 Å². The van der Waals surface area contributed by atoms with Crippen molar-refractivity contribution in [3.8, 4) is 5.75 Å². The molecule has 1 aliphatic carbocycles. The van der Waals surface area contributed by atoms with Crippen molar-refractivity contribution >= 4 is 17.5 Å². The normalized spacial score (nSPS) is 15.4. The maximum Gasteiger partial charge on any atom is 0.265 e. The van der Waals surface area contributed by atoms with Crippen LogP contribution in [0.4, 0.5) is 10.1 Å². The van der Waals surface area contributed by atoms with Crippen LogP contribution < -0.4 is 15.4 Å². The fourth-order valence-electron chi connectivity index (χ4n) is 3.51. The predicted octanol–water partition coefficient (Wildman–Crippen LogP) is 4.68. The van der Waals surface area contributed by atoms with Crippen LogP contribution in [0.1, 0.15) is 55.8 Å². The zero-order valence-corrected chi connectivity index (χ0v) is 16.6. The summed E-state index contributed by atoms with van der Waals surface area (Å²) in [5, 5.41) is 5.89. The Morgan fingerprint density at radius 1 is 1.07 bits per heavy atom. The first-order valence-electron chi connectivity index (χ1n) is 10.2. The van der Waals surface area contributed by atoms with Gasteiger partial charge in [0.15, 0.2) is 6.10 Å². The minimum Gasteiger partial charge on any atom is -0.481 e. The summed E-state index contributed by atoms with van der Waals surface area (Å²) in [6, 6.07) is 12.7. The van der Waals surface area contributed by atoms with Crippen molar-refractivity contribution in [3.05, 3.63) is 59.9 Å². The van der Waals surface area contributed by atoms with E-state index in [1.807, 2.05) is 6.92 Å². The van der Waals surface area contributed by atoms with Crippen molar-refractivity contribution in [2.24, 2.45) is 0 Å². The number of hydrogen-bond acceptors (Lipinski definition) is 3. The van der Waals surface area contributed by atoms with Crippen LogP contribution in [0.25, 0.3) is 0 Å². The molecular weight excluding hydrogens is 371 g/mol. The van der Waals surface area contributed by atoms with Crippen molar-refractivity contribution in [1.82, 2.24) is 5.32 Å². The molecule has 0 unspecified atom stereocenters. The summed E-state index contributed by atoms with van der Waals surface area (Å²) < 4.78 is 18.8. The van der Waals surface area contributed by atoms with Crippen LogP contribution in [-0.2, 0) is 4.79 Å². The second-order valence-corrected chi connectivity index (χ2v) is 7.31. The molecule has 154 valence electrons. The third-order valence-corrected chi connectivity index (χ3v) is 5.13. The van der Waals surface area contributed by atoms with Gasteiger partial charge in [0.2, 0.25) is 0 Å². The molecule has 3 rings (SSSR count). The number of anilines is 1. The number of para-hydroxylation sites is 1. The Balaban J connectivity index is 1.67. The van der Waals surface area contributed by atoms with Gasteiger partial charge in [0, 0.05) is 6.04 Å². The summed E-state index contributed by atoms with van der Waals surface area (Å²) in [5.41, 5.74) is 0.884. The number of halogens is 1. The number of carbonyl (C=O) groups is 2. The number of benzene rings is 2. The Kier molecular flexibility index (Phi) is 7.22. The number of amides is 2. The highest BCUT2D eigenvalue weighted by molar-refractivity contribution is 6.04. The molecule has 2 aromatic carbocycles. The topological polar surface area (TPSA) is 67.4 Å². The lowest BCUT2D eigenvalue weighted by atomic mass is 9.95. The van der Waals surface area contributed by atoms with Crippen molar-refractivity contribution in [3.63, 3.8) is 0 Å². The minimum atomic E-state index is -0.755. The van der Waals surface area contributed by atoms with Gasteiger partial charge in [-0.15, -0.1) is 0 Å². The first-order chi connectivity index (χ1) is 14.1. The lowest BCUT2D eigenvalue weighted by Crippen LogP contribution is -2.37. The van der Waals surface area contributed by atoms with Crippen LogP contribution >= 0.6 is 0 Å². The zero-order valence-electron chi connectivity index (χ0n) is 16.6. The quantitative estimate of drug-likeness (QED) is 0.711. The van der Waals surface area contributed by atoms with Gasteiger partial charge in [0.1, 0.15) is 11.6 Å². The number of ether oxygens (including phenoxy) is 1. The Morgan fingerprint density at radius 2 is 1.76 bits per heavy atom. The largest absolute Gasteiger partial charge is 0.481 e. The molecule has 2 amide bonds. The number of carbonyl (C=O) groups excluding carboxylic acids is 2. The molecule has 0 radical (unpaired) electrons. The van der Waals surface area contributed by atoms with E-state index in [9.17, 15) is 14.0 Å². The molecule has 0 aliphatic heterocycles. The van der Waals surface area contributed by atoms with Crippen LogP contribution in [0.15, 0.2) is 48.5 Å². The monoisotopic (exact) mass is 398 g/mol. The molecule has 2 aromatic rings. The second kappa shape index (κ2) is 10.0. The molecule has 5 nitrogen and oxygen atoms in total. The molecule has 0 bridgehead atoms. The molecule has 6 heteroatoms. The SMILES string of the molecule is CC[C@H](Oc1ccc(F)cc1)C(=O)Nc1ccccc1C(=O)NC1CCCCC1. The van der Waals surface area contributed by atoms with Gasteiger partial charge in [0.25, 0.3) is 11.8 Å². The number of rotatable bonds is 7. The Labute approximate surface area is 170 Å². The smallest absolute Gasteiger partial charge is 0.265 e. The molecule has 0 spiro atoms. The Hall–Kier alpha value is -2.89. The third-order valence-electron chi connectivity index (χ3n) is 5.13. The van der Waals surface area contributed by atoms with E-state index in [1.54, 1.807) is 24.3 Å². The fourth-order valence-corrected chi connectivity index (χ4v) is 3.51. The fraction of sp³-hybridized carbons (Fsp3) is 0.391. The van der Waals surface area contributed by atoms with Crippen LogP contribution in [-0.4, -0.2) is 24.0 Å². The van der Waals surface area contributed by atoms with Crippen molar-refractivity contribution in [2.45, 2.75) is 57.6 Å². The van der Waals surface area contributed by atoms with Crippen LogP contribution in [0.3, 0.4) is 0 Å². The summed E-state index contributed by atoms with van der Waals surface area (Å²) in [6.45, 7) is 1.83. The average Bonchev–Trinajstić information content (AvgIpc) is 2.74. The van der Waals surface area contributed by atoms with Gasteiger partial charge in [-0.3, -0.25) is 9.59 Å². The van der Waals surface area contributed by atoms with E-state index in [2.05, 4.69) is 10.6 Å². The van der Waals surface area contributed by atoms with Gasteiger partial charge in [-0.25, -0.2) is 4.39 Å². The highest BCUT2D eigenvalue weighted by Crippen LogP contribution is 2.21. The average molecular weight is 398 g/mol. The molecule has 29 heavy (non-hydrogen) atoms. The van der Waals surface area contributed by atoms with Gasteiger partial charge < -0.3 is 15.4 Å². The first-order valence-corrected chi connectivity index (χ1v) is 10.2.